The maximum atomic E-state index is 12.9. The summed E-state index contributed by atoms with van der Waals surface area (Å²) in [5.41, 5.74) is 0. The summed E-state index contributed by atoms with van der Waals surface area (Å²) in [5.74, 6) is -0.843. The van der Waals surface area contributed by atoms with Gasteiger partial charge in [0.05, 0.1) is 0 Å². The molecule has 0 aromatic rings. The van der Waals surface area contributed by atoms with E-state index in [4.69, 9.17) is 14.2 Å². The number of hydrogen-bond donors (Lipinski definition) is 0. The fourth-order valence-electron chi connectivity index (χ4n) is 11.1. The Morgan fingerprint density at radius 1 is 0.244 bits per heavy atom. The fraction of sp³-hybridized carbons (Fsp3) is 0.931. The number of carbonyl (C=O) groups excluding carboxylic acids is 3. The molecule has 78 heavy (non-hydrogen) atoms. The number of allylic oxidation sites excluding steroid dienone is 2. The Balaban J connectivity index is 4.10. The Morgan fingerprint density at radius 3 is 0.679 bits per heavy atom. The summed E-state index contributed by atoms with van der Waals surface area (Å²) in [4.78, 5) is 38.3. The van der Waals surface area contributed by atoms with Crippen LogP contribution in [-0.2, 0) is 28.6 Å². The highest BCUT2D eigenvalue weighted by Gasteiger charge is 2.19. The third-order valence-electron chi connectivity index (χ3n) is 16.5. The predicted molar refractivity (Wildman–Crippen MR) is 340 cm³/mol. The Labute approximate surface area is 488 Å². The molecule has 1 atom stereocenters. The first-order valence-corrected chi connectivity index (χ1v) is 35.7. The summed E-state index contributed by atoms with van der Waals surface area (Å²) in [6.45, 7) is 6.68. The highest BCUT2D eigenvalue weighted by atomic mass is 16.6. The van der Waals surface area contributed by atoms with Crippen molar-refractivity contribution >= 4 is 17.9 Å². The minimum Gasteiger partial charge on any atom is -0.462 e. The smallest absolute Gasteiger partial charge is 0.306 e. The Morgan fingerprint density at radius 2 is 0.436 bits per heavy atom. The first-order valence-electron chi connectivity index (χ1n) is 35.7. The van der Waals surface area contributed by atoms with Gasteiger partial charge < -0.3 is 14.2 Å². The summed E-state index contributed by atoms with van der Waals surface area (Å²) in [5, 5.41) is 0. The lowest BCUT2D eigenvalue weighted by molar-refractivity contribution is -0.167. The fourth-order valence-corrected chi connectivity index (χ4v) is 11.1. The Bertz CT molecular complexity index is 1210. The standard InChI is InChI=1S/C72H138O6/c1-4-7-10-13-16-19-22-24-26-28-30-32-33-34-35-36-37-38-39-40-42-43-45-47-50-53-56-59-62-65-71(74)77-68-69(67-76-70(73)64-61-58-55-52-49-21-18-15-12-9-6-3)78-72(75)66-63-60-57-54-51-48-46-44-41-31-29-27-25-23-20-17-14-11-8-5-2/h15,18,69H,4-14,16-17,19-68H2,1-3H3/b18-15-. The molecule has 0 spiro atoms. The Hall–Kier alpha value is -1.85. The van der Waals surface area contributed by atoms with Crippen LogP contribution in [0.25, 0.3) is 0 Å². The lowest BCUT2D eigenvalue weighted by Crippen LogP contribution is -2.30. The van der Waals surface area contributed by atoms with Crippen LogP contribution < -0.4 is 0 Å². The van der Waals surface area contributed by atoms with Gasteiger partial charge in [0.1, 0.15) is 13.2 Å². The minimum absolute atomic E-state index is 0.0659. The van der Waals surface area contributed by atoms with E-state index in [-0.39, 0.29) is 31.1 Å². The molecule has 0 amide bonds. The average Bonchev–Trinajstić information content (AvgIpc) is 3.44. The largest absolute Gasteiger partial charge is 0.462 e. The summed E-state index contributed by atoms with van der Waals surface area (Å²) in [6, 6.07) is 0. The van der Waals surface area contributed by atoms with Crippen molar-refractivity contribution < 1.29 is 28.6 Å². The lowest BCUT2D eigenvalue weighted by Gasteiger charge is -2.18. The summed E-state index contributed by atoms with van der Waals surface area (Å²) < 4.78 is 17.0. The zero-order valence-electron chi connectivity index (χ0n) is 53.2. The molecule has 0 aliphatic carbocycles. The number of ether oxygens (including phenoxy) is 3. The van der Waals surface area contributed by atoms with Crippen molar-refractivity contribution in [2.75, 3.05) is 13.2 Å². The maximum absolute atomic E-state index is 12.9. The summed E-state index contributed by atoms with van der Waals surface area (Å²) in [7, 11) is 0. The zero-order chi connectivity index (χ0) is 56.4. The molecule has 0 aromatic carbocycles. The third kappa shape index (κ3) is 65.0. The second-order valence-electron chi connectivity index (χ2n) is 24.5. The van der Waals surface area contributed by atoms with Gasteiger partial charge in [0.15, 0.2) is 6.10 Å². The van der Waals surface area contributed by atoms with Crippen LogP contribution in [0.15, 0.2) is 12.2 Å². The zero-order valence-corrected chi connectivity index (χ0v) is 53.2. The second kappa shape index (κ2) is 67.7. The van der Waals surface area contributed by atoms with E-state index >= 15 is 0 Å². The number of carbonyl (C=O) groups is 3. The average molecular weight is 1100 g/mol. The van der Waals surface area contributed by atoms with Crippen LogP contribution in [-0.4, -0.2) is 37.2 Å². The molecule has 0 aromatic heterocycles. The first-order chi connectivity index (χ1) is 38.5. The van der Waals surface area contributed by atoms with Crippen molar-refractivity contribution in [3.63, 3.8) is 0 Å². The van der Waals surface area contributed by atoms with Crippen LogP contribution in [0.2, 0.25) is 0 Å². The first kappa shape index (κ1) is 76.1. The molecular weight excluding hydrogens is 961 g/mol. The van der Waals surface area contributed by atoms with Crippen molar-refractivity contribution in [1.29, 1.82) is 0 Å². The molecule has 0 saturated heterocycles. The minimum atomic E-state index is -0.769. The molecule has 0 N–H and O–H groups in total. The molecule has 6 nitrogen and oxygen atoms in total. The molecule has 0 aliphatic rings. The molecule has 1 unspecified atom stereocenters. The number of unbranched alkanes of at least 4 members (excludes halogenated alkanes) is 54. The highest BCUT2D eigenvalue weighted by Crippen LogP contribution is 2.19. The van der Waals surface area contributed by atoms with E-state index in [0.717, 1.165) is 64.2 Å². The van der Waals surface area contributed by atoms with Gasteiger partial charge in [-0.1, -0.05) is 367 Å². The van der Waals surface area contributed by atoms with Gasteiger partial charge in [-0.3, -0.25) is 14.4 Å². The van der Waals surface area contributed by atoms with Crippen molar-refractivity contribution in [3.05, 3.63) is 12.2 Å². The van der Waals surface area contributed by atoms with E-state index in [1.165, 1.54) is 308 Å². The topological polar surface area (TPSA) is 78.9 Å². The van der Waals surface area contributed by atoms with E-state index in [9.17, 15) is 14.4 Å². The van der Waals surface area contributed by atoms with Crippen LogP contribution in [0, 0.1) is 0 Å². The van der Waals surface area contributed by atoms with Crippen molar-refractivity contribution in [3.8, 4) is 0 Å². The molecule has 0 fully saturated rings. The van der Waals surface area contributed by atoms with Gasteiger partial charge in [-0.05, 0) is 38.5 Å². The van der Waals surface area contributed by atoms with Gasteiger partial charge in [-0.2, -0.15) is 0 Å². The van der Waals surface area contributed by atoms with E-state index < -0.39 is 6.10 Å². The van der Waals surface area contributed by atoms with Crippen LogP contribution in [0.3, 0.4) is 0 Å². The predicted octanol–water partition coefficient (Wildman–Crippen LogP) is 24.4. The van der Waals surface area contributed by atoms with Gasteiger partial charge in [0.25, 0.3) is 0 Å². The van der Waals surface area contributed by atoms with Gasteiger partial charge >= 0.3 is 17.9 Å². The van der Waals surface area contributed by atoms with Gasteiger partial charge in [0.2, 0.25) is 0 Å². The molecule has 0 rings (SSSR count). The van der Waals surface area contributed by atoms with Crippen molar-refractivity contribution in [2.45, 2.75) is 419 Å². The molecule has 0 saturated carbocycles. The highest BCUT2D eigenvalue weighted by molar-refractivity contribution is 5.71. The quantitative estimate of drug-likeness (QED) is 0.0261. The Kier molecular flexibility index (Phi) is 66.0. The van der Waals surface area contributed by atoms with E-state index in [2.05, 4.69) is 32.9 Å². The van der Waals surface area contributed by atoms with Gasteiger partial charge in [0, 0.05) is 19.3 Å². The lowest BCUT2D eigenvalue weighted by atomic mass is 10.0. The number of esters is 3. The number of hydrogen-bond acceptors (Lipinski definition) is 6. The maximum Gasteiger partial charge on any atom is 0.306 e. The van der Waals surface area contributed by atoms with Crippen molar-refractivity contribution in [1.82, 2.24) is 0 Å². The van der Waals surface area contributed by atoms with Crippen LogP contribution in [0.1, 0.15) is 412 Å². The summed E-state index contributed by atoms with van der Waals surface area (Å²) >= 11 is 0. The third-order valence-corrected chi connectivity index (χ3v) is 16.5. The SMILES string of the molecule is CCCC/C=C\CCCCCCCC(=O)OCC(COC(=O)CCCCCCCCCCCCCCCCCCCCCCCCCCCCCCC)OC(=O)CCCCCCCCCCCCCCCCCCCCCC. The van der Waals surface area contributed by atoms with Crippen LogP contribution in [0.5, 0.6) is 0 Å². The molecule has 462 valence electrons. The molecule has 0 heterocycles. The number of rotatable bonds is 67. The summed E-state index contributed by atoms with van der Waals surface area (Å²) in [6.07, 6.45) is 81.2. The van der Waals surface area contributed by atoms with Crippen LogP contribution in [0.4, 0.5) is 0 Å². The molecule has 0 aliphatic heterocycles. The van der Waals surface area contributed by atoms with Gasteiger partial charge in [-0.15, -0.1) is 0 Å². The second-order valence-corrected chi connectivity index (χ2v) is 24.5. The monoisotopic (exact) mass is 1100 g/mol. The van der Waals surface area contributed by atoms with Gasteiger partial charge in [-0.25, -0.2) is 0 Å². The van der Waals surface area contributed by atoms with E-state index in [0.29, 0.717) is 19.3 Å². The van der Waals surface area contributed by atoms with E-state index in [1.54, 1.807) is 0 Å². The van der Waals surface area contributed by atoms with Crippen LogP contribution >= 0.6 is 0 Å². The van der Waals surface area contributed by atoms with Crippen molar-refractivity contribution in [2.24, 2.45) is 0 Å². The molecular formula is C72H138O6. The molecule has 0 bridgehead atoms. The normalized spacial score (nSPS) is 12.0. The molecule has 6 heteroatoms. The van der Waals surface area contributed by atoms with E-state index in [1.807, 2.05) is 0 Å². The molecule has 0 radical (unpaired) electrons.